The molecule has 9 heteroatoms. The number of ether oxygens (including phenoxy) is 1. The summed E-state index contributed by atoms with van der Waals surface area (Å²) in [7, 11) is 0. The molecule has 0 spiro atoms. The molecule has 0 unspecified atom stereocenters. The second-order valence-corrected chi connectivity index (χ2v) is 8.75. The fraction of sp³-hybridized carbons (Fsp3) is 0.400. The molecule has 2 amide bonds. The quantitative estimate of drug-likeness (QED) is 0.578. The number of likely N-dealkylation sites (tertiary alicyclic amines) is 1. The zero-order valence-electron chi connectivity index (χ0n) is 18.5. The predicted molar refractivity (Wildman–Crippen MR) is 120 cm³/mol. The number of rotatable bonds is 9. The number of hydrogen-bond acceptors (Lipinski definition) is 4. The van der Waals surface area contributed by atoms with Crippen molar-refractivity contribution in [3.8, 4) is 11.1 Å². The summed E-state index contributed by atoms with van der Waals surface area (Å²) in [4.78, 5) is 35.8. The third kappa shape index (κ3) is 5.03. The second-order valence-electron chi connectivity index (χ2n) is 8.75. The molecule has 4 rings (SSSR count). The molecule has 2 aromatic rings. The summed E-state index contributed by atoms with van der Waals surface area (Å²) in [6, 6.07) is 15.6. The van der Waals surface area contributed by atoms with E-state index in [0.29, 0.717) is 12.8 Å². The van der Waals surface area contributed by atoms with Crippen LogP contribution in [0.15, 0.2) is 48.5 Å². The van der Waals surface area contributed by atoms with Crippen molar-refractivity contribution >= 4 is 18.0 Å². The van der Waals surface area contributed by atoms with E-state index < -0.39 is 30.4 Å². The number of nitrogens with one attached hydrogen (secondary N) is 1. The molecule has 0 atom stereocenters. The van der Waals surface area contributed by atoms with Crippen LogP contribution in [0, 0.1) is 5.92 Å². The average Bonchev–Trinajstić information content (AvgIpc) is 3.11. The van der Waals surface area contributed by atoms with Crippen molar-refractivity contribution in [1.29, 1.82) is 0 Å². The first-order valence-electron chi connectivity index (χ1n) is 11.2. The monoisotopic (exact) mass is 472 g/mol. The minimum atomic E-state index is -3.75. The molecule has 1 saturated heterocycles. The predicted octanol–water partition coefficient (Wildman–Crippen LogP) is 3.87. The SMILES string of the molecule is O=C(O)CCCC1CN(C(=O)C(F)(F)CNC(=O)OCC2c3ccccc3-c3ccccc32)C1. The molecule has 2 aromatic carbocycles. The molecule has 1 heterocycles. The zero-order chi connectivity index (χ0) is 24.3. The molecule has 0 aromatic heterocycles. The fourth-order valence-corrected chi connectivity index (χ4v) is 4.60. The highest BCUT2D eigenvalue weighted by molar-refractivity contribution is 5.85. The van der Waals surface area contributed by atoms with E-state index in [1.165, 1.54) is 0 Å². The van der Waals surface area contributed by atoms with Crippen molar-refractivity contribution in [3.63, 3.8) is 0 Å². The van der Waals surface area contributed by atoms with E-state index in [-0.39, 0.29) is 38.0 Å². The number of carbonyl (C=O) groups excluding carboxylic acids is 2. The van der Waals surface area contributed by atoms with Crippen LogP contribution >= 0.6 is 0 Å². The third-order valence-electron chi connectivity index (χ3n) is 6.36. The zero-order valence-corrected chi connectivity index (χ0v) is 18.5. The van der Waals surface area contributed by atoms with Crippen LogP contribution < -0.4 is 5.32 Å². The number of alkyl halides is 2. The highest BCUT2D eigenvalue weighted by Crippen LogP contribution is 2.44. The minimum Gasteiger partial charge on any atom is -0.481 e. The van der Waals surface area contributed by atoms with Gasteiger partial charge in [0.05, 0.1) is 6.54 Å². The molecular weight excluding hydrogens is 446 g/mol. The van der Waals surface area contributed by atoms with Gasteiger partial charge in [-0.1, -0.05) is 48.5 Å². The molecule has 7 nitrogen and oxygen atoms in total. The Morgan fingerprint density at radius 2 is 1.62 bits per heavy atom. The molecule has 0 saturated carbocycles. The van der Waals surface area contributed by atoms with Crippen molar-refractivity contribution in [2.24, 2.45) is 5.92 Å². The lowest BCUT2D eigenvalue weighted by Gasteiger charge is -2.40. The Hall–Kier alpha value is -3.49. The van der Waals surface area contributed by atoms with Gasteiger partial charge in [-0.3, -0.25) is 9.59 Å². The van der Waals surface area contributed by atoms with E-state index in [9.17, 15) is 23.2 Å². The Kier molecular flexibility index (Phi) is 6.81. The van der Waals surface area contributed by atoms with Gasteiger partial charge in [-0.05, 0) is 41.0 Å². The number of nitrogens with zero attached hydrogens (tertiary/aromatic N) is 1. The number of alkyl carbamates (subject to hydrolysis) is 1. The van der Waals surface area contributed by atoms with E-state index in [2.05, 4.69) is 0 Å². The standard InChI is InChI=1S/C25H26F2N2O5/c26-25(27,23(32)29-12-16(13-29)6-5-11-22(30)31)15-28-24(33)34-14-21-19-9-3-1-7-17(19)18-8-2-4-10-20(18)21/h1-4,7-10,16,21H,5-6,11-15H2,(H,28,33)(H,30,31). The number of carbonyl (C=O) groups is 3. The number of fused-ring (bicyclic) bond motifs is 3. The van der Waals surface area contributed by atoms with Crippen molar-refractivity contribution in [2.75, 3.05) is 26.2 Å². The van der Waals surface area contributed by atoms with Gasteiger partial charge in [0.15, 0.2) is 0 Å². The van der Waals surface area contributed by atoms with Gasteiger partial charge >= 0.3 is 18.0 Å². The Morgan fingerprint density at radius 1 is 1.03 bits per heavy atom. The number of hydrogen-bond donors (Lipinski definition) is 2. The normalized spacial score (nSPS) is 15.3. The Bertz CT molecular complexity index is 1040. The number of carboxylic acid groups (broad SMARTS) is 1. The van der Waals surface area contributed by atoms with Gasteiger partial charge in [0, 0.05) is 25.4 Å². The number of benzene rings is 2. The summed E-state index contributed by atoms with van der Waals surface area (Å²) >= 11 is 0. The first-order chi connectivity index (χ1) is 16.3. The lowest BCUT2D eigenvalue weighted by Crippen LogP contribution is -2.57. The summed E-state index contributed by atoms with van der Waals surface area (Å²) in [5.41, 5.74) is 4.13. The molecule has 1 aliphatic heterocycles. The van der Waals surface area contributed by atoms with Gasteiger partial charge in [0.1, 0.15) is 6.61 Å². The third-order valence-corrected chi connectivity index (χ3v) is 6.36. The van der Waals surface area contributed by atoms with Crippen LogP contribution in [-0.4, -0.2) is 60.1 Å². The van der Waals surface area contributed by atoms with Gasteiger partial charge in [0.2, 0.25) is 0 Å². The van der Waals surface area contributed by atoms with Gasteiger partial charge < -0.3 is 20.1 Å². The lowest BCUT2D eigenvalue weighted by atomic mass is 9.93. The maximum Gasteiger partial charge on any atom is 0.407 e. The van der Waals surface area contributed by atoms with Crippen LogP contribution in [0.5, 0.6) is 0 Å². The summed E-state index contributed by atoms with van der Waals surface area (Å²) in [5.74, 6) is -6.18. The Morgan fingerprint density at radius 3 is 2.21 bits per heavy atom. The summed E-state index contributed by atoms with van der Waals surface area (Å²) in [6.45, 7) is -0.829. The van der Waals surface area contributed by atoms with Crippen LogP contribution in [0.3, 0.4) is 0 Å². The Labute approximate surface area is 195 Å². The number of carboxylic acids is 1. The fourth-order valence-electron chi connectivity index (χ4n) is 4.60. The molecule has 0 radical (unpaired) electrons. The number of amides is 2. The molecule has 1 fully saturated rings. The van der Waals surface area contributed by atoms with Crippen LogP contribution in [0.25, 0.3) is 11.1 Å². The lowest BCUT2D eigenvalue weighted by molar-refractivity contribution is -0.163. The van der Waals surface area contributed by atoms with Crippen molar-refractivity contribution < 1.29 is 33.0 Å². The average molecular weight is 472 g/mol. The molecule has 34 heavy (non-hydrogen) atoms. The smallest absolute Gasteiger partial charge is 0.407 e. The largest absolute Gasteiger partial charge is 0.481 e. The summed E-state index contributed by atoms with van der Waals surface area (Å²) in [6.07, 6.45) is 0.0241. The minimum absolute atomic E-state index is 0.0104. The second kappa shape index (κ2) is 9.79. The topological polar surface area (TPSA) is 95.9 Å². The van der Waals surface area contributed by atoms with E-state index in [0.717, 1.165) is 27.2 Å². The summed E-state index contributed by atoms with van der Waals surface area (Å²) in [5, 5.41) is 10.7. The molecular formula is C25H26F2N2O5. The van der Waals surface area contributed by atoms with E-state index in [4.69, 9.17) is 9.84 Å². The highest BCUT2D eigenvalue weighted by atomic mass is 19.3. The van der Waals surface area contributed by atoms with Gasteiger partial charge in [0.25, 0.3) is 5.91 Å². The molecule has 2 N–H and O–H groups in total. The first-order valence-corrected chi connectivity index (χ1v) is 11.2. The maximum atomic E-state index is 14.3. The highest BCUT2D eigenvalue weighted by Gasteiger charge is 2.46. The van der Waals surface area contributed by atoms with E-state index in [1.807, 2.05) is 53.8 Å². The maximum absolute atomic E-state index is 14.3. The van der Waals surface area contributed by atoms with Crippen LogP contribution in [-0.2, 0) is 14.3 Å². The van der Waals surface area contributed by atoms with E-state index in [1.54, 1.807) is 0 Å². The van der Waals surface area contributed by atoms with Crippen molar-refractivity contribution in [2.45, 2.75) is 31.1 Å². The molecule has 180 valence electrons. The summed E-state index contributed by atoms with van der Waals surface area (Å²) < 4.78 is 33.9. The van der Waals surface area contributed by atoms with Gasteiger partial charge in [-0.2, -0.15) is 8.78 Å². The van der Waals surface area contributed by atoms with Gasteiger partial charge in [-0.15, -0.1) is 0 Å². The Balaban J connectivity index is 1.24. The first kappa shape index (κ1) is 23.7. The van der Waals surface area contributed by atoms with Gasteiger partial charge in [-0.25, -0.2) is 4.79 Å². The molecule has 1 aliphatic carbocycles. The van der Waals surface area contributed by atoms with Crippen LogP contribution in [0.4, 0.5) is 13.6 Å². The van der Waals surface area contributed by atoms with Crippen molar-refractivity contribution in [1.82, 2.24) is 10.2 Å². The van der Waals surface area contributed by atoms with E-state index >= 15 is 0 Å². The number of halogens is 2. The van der Waals surface area contributed by atoms with Crippen LogP contribution in [0.1, 0.15) is 36.3 Å². The molecule has 0 bridgehead atoms. The number of aliphatic carboxylic acids is 1. The van der Waals surface area contributed by atoms with Crippen LogP contribution in [0.2, 0.25) is 0 Å². The molecule has 2 aliphatic rings. The van der Waals surface area contributed by atoms with Crippen molar-refractivity contribution in [3.05, 3.63) is 59.7 Å².